The predicted octanol–water partition coefficient (Wildman–Crippen LogP) is 5.03. The zero-order valence-corrected chi connectivity index (χ0v) is 19.6. The summed E-state index contributed by atoms with van der Waals surface area (Å²) in [6, 6.07) is 16.1. The summed E-state index contributed by atoms with van der Waals surface area (Å²) < 4.78 is 7.36. The molecule has 1 heterocycles. The van der Waals surface area contributed by atoms with Gasteiger partial charge in [-0.1, -0.05) is 43.8 Å². The Balaban J connectivity index is 2.06. The maximum Gasteiger partial charge on any atom is 0.233 e. The number of thioether (sulfide) groups is 1. The number of hydrogen-bond donors (Lipinski definition) is 0. The van der Waals surface area contributed by atoms with Crippen LogP contribution in [0.1, 0.15) is 39.2 Å². The van der Waals surface area contributed by atoms with Gasteiger partial charge in [-0.05, 0) is 55.7 Å². The monoisotopic (exact) mass is 438 g/mol. The van der Waals surface area contributed by atoms with Crippen molar-refractivity contribution in [2.75, 3.05) is 26.0 Å². The van der Waals surface area contributed by atoms with E-state index >= 15 is 0 Å². The second-order valence-electron chi connectivity index (χ2n) is 7.44. The van der Waals surface area contributed by atoms with Crippen LogP contribution >= 0.6 is 11.8 Å². The van der Waals surface area contributed by atoms with Crippen LogP contribution in [0.3, 0.4) is 0 Å². The summed E-state index contributed by atoms with van der Waals surface area (Å²) in [5, 5.41) is 9.68. The van der Waals surface area contributed by atoms with Crippen molar-refractivity contribution >= 4 is 17.7 Å². The lowest BCUT2D eigenvalue weighted by atomic mass is 10.0. The fourth-order valence-electron chi connectivity index (χ4n) is 3.48. The lowest BCUT2D eigenvalue weighted by molar-refractivity contribution is -0.127. The van der Waals surface area contributed by atoms with Crippen LogP contribution in [0.5, 0.6) is 5.75 Å². The third-order valence-electron chi connectivity index (χ3n) is 5.22. The van der Waals surface area contributed by atoms with Crippen molar-refractivity contribution in [3.63, 3.8) is 0 Å². The summed E-state index contributed by atoms with van der Waals surface area (Å²) >= 11 is 1.43. The number of amides is 1. The molecule has 0 spiro atoms. The Bertz CT molecular complexity index is 1010. The highest BCUT2D eigenvalue weighted by Crippen LogP contribution is 2.32. The predicted molar refractivity (Wildman–Crippen MR) is 126 cm³/mol. The highest BCUT2D eigenvalue weighted by atomic mass is 32.2. The van der Waals surface area contributed by atoms with Crippen LogP contribution < -0.4 is 4.74 Å². The number of hydrogen-bond acceptors (Lipinski definition) is 5. The largest absolute Gasteiger partial charge is 0.497 e. The van der Waals surface area contributed by atoms with E-state index in [0.29, 0.717) is 29.9 Å². The molecule has 0 atom stereocenters. The van der Waals surface area contributed by atoms with Crippen molar-refractivity contribution in [2.45, 2.75) is 38.8 Å². The molecule has 0 aliphatic rings. The number of rotatable bonds is 9. The molecule has 1 aromatic heterocycles. The van der Waals surface area contributed by atoms with Gasteiger partial charge in [-0.15, -0.1) is 10.2 Å². The number of carbonyl (C=O) groups is 1. The molecule has 0 saturated heterocycles. The topological polar surface area (TPSA) is 60.3 Å². The van der Waals surface area contributed by atoms with Crippen LogP contribution in [-0.4, -0.2) is 51.5 Å². The first-order valence-electron chi connectivity index (χ1n) is 10.6. The Labute approximate surface area is 188 Å². The van der Waals surface area contributed by atoms with Crippen LogP contribution in [-0.2, 0) is 4.79 Å². The first-order chi connectivity index (χ1) is 15.0. The van der Waals surface area contributed by atoms with Gasteiger partial charge in [-0.25, -0.2) is 0 Å². The maximum atomic E-state index is 12.6. The Morgan fingerprint density at radius 3 is 2.35 bits per heavy atom. The number of carbonyl (C=O) groups excluding carboxylic acids is 1. The van der Waals surface area contributed by atoms with Crippen LogP contribution in [0.2, 0.25) is 0 Å². The summed E-state index contributed by atoms with van der Waals surface area (Å²) in [6.07, 6.45) is 0. The van der Waals surface area contributed by atoms with Crippen molar-refractivity contribution in [2.24, 2.45) is 0 Å². The molecule has 164 valence electrons. The molecule has 1 amide bonds. The molecule has 0 bridgehead atoms. The Kier molecular flexibility index (Phi) is 7.74. The fraction of sp³-hybridized carbons (Fsp3) is 0.375. The normalized spacial score (nSPS) is 11.0. The van der Waals surface area contributed by atoms with Crippen LogP contribution in [0, 0.1) is 0 Å². The minimum absolute atomic E-state index is 0.104. The number of methoxy groups -OCH3 is 1. The van der Waals surface area contributed by atoms with Crippen molar-refractivity contribution in [1.82, 2.24) is 19.7 Å². The van der Waals surface area contributed by atoms with E-state index in [9.17, 15) is 4.79 Å². The average molecular weight is 439 g/mol. The molecule has 0 fully saturated rings. The summed E-state index contributed by atoms with van der Waals surface area (Å²) in [5.74, 6) is 2.29. The van der Waals surface area contributed by atoms with E-state index in [1.165, 1.54) is 17.3 Å². The summed E-state index contributed by atoms with van der Waals surface area (Å²) in [4.78, 5) is 14.4. The molecule has 0 N–H and O–H groups in total. The van der Waals surface area contributed by atoms with E-state index in [1.54, 1.807) is 7.11 Å². The molecule has 0 radical (unpaired) electrons. The third-order valence-corrected chi connectivity index (χ3v) is 6.14. The number of ether oxygens (including phenoxy) is 1. The van der Waals surface area contributed by atoms with Crippen molar-refractivity contribution in [1.29, 1.82) is 0 Å². The van der Waals surface area contributed by atoms with Crippen molar-refractivity contribution in [3.05, 3.63) is 54.1 Å². The molecule has 0 saturated carbocycles. The lowest BCUT2D eigenvalue weighted by Gasteiger charge is -2.19. The van der Waals surface area contributed by atoms with Gasteiger partial charge in [0.05, 0.1) is 18.6 Å². The van der Waals surface area contributed by atoms with E-state index in [2.05, 4.69) is 40.7 Å². The Morgan fingerprint density at radius 2 is 1.74 bits per heavy atom. The third kappa shape index (κ3) is 5.10. The highest BCUT2D eigenvalue weighted by Gasteiger charge is 2.21. The number of aromatic nitrogens is 3. The van der Waals surface area contributed by atoms with Gasteiger partial charge >= 0.3 is 0 Å². The zero-order chi connectivity index (χ0) is 22.4. The van der Waals surface area contributed by atoms with Gasteiger partial charge < -0.3 is 9.64 Å². The van der Waals surface area contributed by atoms with E-state index in [-0.39, 0.29) is 5.91 Å². The molecular weight excluding hydrogens is 408 g/mol. The molecule has 2 aromatic carbocycles. The molecule has 31 heavy (non-hydrogen) atoms. The summed E-state index contributed by atoms with van der Waals surface area (Å²) in [6.45, 7) is 9.75. The quantitative estimate of drug-likeness (QED) is 0.439. The van der Waals surface area contributed by atoms with Gasteiger partial charge in [0, 0.05) is 18.7 Å². The average Bonchev–Trinajstić information content (AvgIpc) is 3.22. The standard InChI is InChI=1S/C24H30N4O2S/c1-6-27(7-2)22(29)16-31-24-26-25-23(18-12-14-19(30-5)15-13-18)28(24)21-11-9-8-10-20(21)17(3)4/h8-15,17H,6-7,16H2,1-5H3. The molecule has 7 heteroatoms. The molecule has 0 unspecified atom stereocenters. The SMILES string of the molecule is CCN(CC)C(=O)CSc1nnc(-c2ccc(OC)cc2)n1-c1ccccc1C(C)C. The van der Waals surface area contributed by atoms with E-state index < -0.39 is 0 Å². The molecule has 0 aliphatic heterocycles. The lowest BCUT2D eigenvalue weighted by Crippen LogP contribution is -2.31. The molecule has 3 rings (SSSR count). The van der Waals surface area contributed by atoms with Gasteiger partial charge in [0.2, 0.25) is 5.91 Å². The van der Waals surface area contributed by atoms with E-state index in [4.69, 9.17) is 4.74 Å². The van der Waals surface area contributed by atoms with E-state index in [1.807, 2.05) is 55.1 Å². The van der Waals surface area contributed by atoms with Gasteiger partial charge in [-0.2, -0.15) is 0 Å². The van der Waals surface area contributed by atoms with Crippen LogP contribution in [0.25, 0.3) is 17.1 Å². The maximum absolute atomic E-state index is 12.6. The number of para-hydroxylation sites is 1. The minimum atomic E-state index is 0.104. The Hall–Kier alpha value is -2.80. The fourth-order valence-corrected chi connectivity index (χ4v) is 4.33. The molecule has 6 nitrogen and oxygen atoms in total. The van der Waals surface area contributed by atoms with Crippen LogP contribution in [0.15, 0.2) is 53.7 Å². The highest BCUT2D eigenvalue weighted by molar-refractivity contribution is 7.99. The first-order valence-corrected chi connectivity index (χ1v) is 11.6. The summed E-state index contributed by atoms with van der Waals surface area (Å²) in [5.41, 5.74) is 3.17. The van der Waals surface area contributed by atoms with Gasteiger partial charge in [0.15, 0.2) is 11.0 Å². The number of benzene rings is 2. The van der Waals surface area contributed by atoms with Gasteiger partial charge in [-0.3, -0.25) is 9.36 Å². The molecular formula is C24H30N4O2S. The second-order valence-corrected chi connectivity index (χ2v) is 8.38. The summed E-state index contributed by atoms with van der Waals surface area (Å²) in [7, 11) is 1.65. The smallest absolute Gasteiger partial charge is 0.233 e. The first kappa shape index (κ1) is 22.9. The Morgan fingerprint density at radius 1 is 1.06 bits per heavy atom. The van der Waals surface area contributed by atoms with Gasteiger partial charge in [0.25, 0.3) is 0 Å². The zero-order valence-electron chi connectivity index (χ0n) is 18.8. The molecule has 0 aliphatic carbocycles. The van der Waals surface area contributed by atoms with E-state index in [0.717, 1.165) is 22.8 Å². The number of nitrogens with zero attached hydrogens (tertiary/aromatic N) is 4. The molecule has 3 aromatic rings. The van der Waals surface area contributed by atoms with Crippen molar-refractivity contribution in [3.8, 4) is 22.8 Å². The minimum Gasteiger partial charge on any atom is -0.497 e. The van der Waals surface area contributed by atoms with Gasteiger partial charge in [0.1, 0.15) is 5.75 Å². The van der Waals surface area contributed by atoms with Crippen molar-refractivity contribution < 1.29 is 9.53 Å². The second kappa shape index (κ2) is 10.5. The van der Waals surface area contributed by atoms with Crippen LogP contribution in [0.4, 0.5) is 0 Å².